The third-order valence-electron chi connectivity index (χ3n) is 3.42. The molecule has 2 atom stereocenters. The van der Waals surface area contributed by atoms with Gasteiger partial charge in [0.2, 0.25) is 5.91 Å². The number of benzene rings is 1. The van der Waals surface area contributed by atoms with Gasteiger partial charge in [-0.1, -0.05) is 25.1 Å². The summed E-state index contributed by atoms with van der Waals surface area (Å²) in [5.41, 5.74) is 0. The number of carbonyl (C=O) groups is 1. The van der Waals surface area contributed by atoms with Crippen LogP contribution in [0.25, 0.3) is 0 Å². The molecule has 1 aliphatic rings. The molecule has 0 aliphatic carbocycles. The summed E-state index contributed by atoms with van der Waals surface area (Å²) in [6, 6.07) is 9.99. The predicted molar refractivity (Wildman–Crippen MR) is 82.4 cm³/mol. The highest BCUT2D eigenvalue weighted by Gasteiger charge is 2.20. The maximum absolute atomic E-state index is 11.9. The van der Waals surface area contributed by atoms with Crippen LogP contribution in [0.15, 0.2) is 30.3 Å². The summed E-state index contributed by atoms with van der Waals surface area (Å²) in [6.45, 7) is 4.41. The van der Waals surface area contributed by atoms with Crippen molar-refractivity contribution >= 4 is 18.3 Å². The lowest BCUT2D eigenvalue weighted by atomic mass is 10.1. The van der Waals surface area contributed by atoms with Gasteiger partial charge < -0.3 is 15.4 Å². The Morgan fingerprint density at radius 1 is 1.45 bits per heavy atom. The molecule has 1 amide bonds. The number of rotatable bonds is 6. The van der Waals surface area contributed by atoms with Crippen LogP contribution in [-0.4, -0.2) is 31.6 Å². The van der Waals surface area contributed by atoms with Gasteiger partial charge >= 0.3 is 0 Å². The summed E-state index contributed by atoms with van der Waals surface area (Å²) >= 11 is 0. The Morgan fingerprint density at radius 3 is 2.85 bits per heavy atom. The molecule has 0 spiro atoms. The molecule has 2 rings (SSSR count). The molecule has 112 valence electrons. The zero-order chi connectivity index (χ0) is 13.5. The lowest BCUT2D eigenvalue weighted by molar-refractivity contribution is -0.125. The molecule has 1 aliphatic heterocycles. The highest BCUT2D eigenvalue weighted by Crippen LogP contribution is 2.11. The Balaban J connectivity index is 0.00000200. The fourth-order valence-corrected chi connectivity index (χ4v) is 2.12. The monoisotopic (exact) mass is 298 g/mol. The maximum Gasteiger partial charge on any atom is 0.223 e. The SMILES string of the molecule is CC(CCOc1ccccc1)C(=O)NC1CCNC1.Cl. The van der Waals surface area contributed by atoms with Crippen molar-refractivity contribution in [2.24, 2.45) is 5.92 Å². The van der Waals surface area contributed by atoms with Gasteiger partial charge in [-0.2, -0.15) is 0 Å². The summed E-state index contributed by atoms with van der Waals surface area (Å²) in [6.07, 6.45) is 1.76. The van der Waals surface area contributed by atoms with Crippen LogP contribution >= 0.6 is 12.4 Å². The zero-order valence-corrected chi connectivity index (χ0v) is 12.6. The van der Waals surface area contributed by atoms with Gasteiger partial charge in [0.15, 0.2) is 0 Å². The summed E-state index contributed by atoms with van der Waals surface area (Å²) < 4.78 is 5.60. The normalized spacial score (nSPS) is 18.9. The fourth-order valence-electron chi connectivity index (χ4n) is 2.12. The zero-order valence-electron chi connectivity index (χ0n) is 11.8. The summed E-state index contributed by atoms with van der Waals surface area (Å²) in [4.78, 5) is 11.9. The number of halogens is 1. The molecule has 1 aromatic carbocycles. The lowest BCUT2D eigenvalue weighted by Crippen LogP contribution is -2.39. The molecule has 0 aromatic heterocycles. The third kappa shape index (κ3) is 5.39. The Labute approximate surface area is 126 Å². The van der Waals surface area contributed by atoms with Crippen LogP contribution in [0.1, 0.15) is 19.8 Å². The second-order valence-corrected chi connectivity index (χ2v) is 5.05. The van der Waals surface area contributed by atoms with Gasteiger partial charge in [-0.15, -0.1) is 12.4 Å². The molecule has 4 nitrogen and oxygen atoms in total. The van der Waals surface area contributed by atoms with Crippen LogP contribution in [0.3, 0.4) is 0 Å². The number of hydrogen-bond acceptors (Lipinski definition) is 3. The molecule has 5 heteroatoms. The van der Waals surface area contributed by atoms with E-state index >= 15 is 0 Å². The van der Waals surface area contributed by atoms with Gasteiger partial charge in [0.1, 0.15) is 5.75 Å². The van der Waals surface area contributed by atoms with Gasteiger partial charge in [-0.3, -0.25) is 4.79 Å². The summed E-state index contributed by atoms with van der Waals surface area (Å²) in [7, 11) is 0. The first-order valence-corrected chi connectivity index (χ1v) is 6.94. The molecule has 2 unspecified atom stereocenters. The van der Waals surface area contributed by atoms with Crippen LogP contribution in [0.5, 0.6) is 5.75 Å². The van der Waals surface area contributed by atoms with E-state index in [0.717, 1.165) is 31.7 Å². The van der Waals surface area contributed by atoms with E-state index in [0.29, 0.717) is 12.6 Å². The van der Waals surface area contributed by atoms with Crippen LogP contribution in [0.2, 0.25) is 0 Å². The fraction of sp³-hybridized carbons (Fsp3) is 0.533. The smallest absolute Gasteiger partial charge is 0.223 e. The second kappa shape index (κ2) is 8.82. The number of carbonyl (C=O) groups excluding carboxylic acids is 1. The number of ether oxygens (including phenoxy) is 1. The van der Waals surface area contributed by atoms with E-state index in [1.54, 1.807) is 0 Å². The molecular weight excluding hydrogens is 276 g/mol. The first-order valence-electron chi connectivity index (χ1n) is 6.94. The standard InChI is InChI=1S/C15H22N2O2.ClH/c1-12(15(18)17-13-7-9-16-11-13)8-10-19-14-5-3-2-4-6-14;/h2-6,12-13,16H,7-11H2,1H3,(H,17,18);1H. The Bertz CT molecular complexity index is 394. The number of para-hydroxylation sites is 1. The predicted octanol–water partition coefficient (Wildman–Crippen LogP) is 1.99. The molecule has 1 heterocycles. The molecule has 0 bridgehead atoms. The quantitative estimate of drug-likeness (QED) is 0.844. The Kier molecular flexibility index (Phi) is 7.41. The van der Waals surface area contributed by atoms with Crippen molar-refractivity contribution in [2.45, 2.75) is 25.8 Å². The largest absolute Gasteiger partial charge is 0.494 e. The molecule has 1 fully saturated rings. The number of nitrogens with one attached hydrogen (secondary N) is 2. The Hall–Kier alpha value is -1.26. The van der Waals surface area contributed by atoms with Crippen LogP contribution in [0.4, 0.5) is 0 Å². The van der Waals surface area contributed by atoms with E-state index in [1.165, 1.54) is 0 Å². The van der Waals surface area contributed by atoms with Crippen molar-refractivity contribution in [3.63, 3.8) is 0 Å². The third-order valence-corrected chi connectivity index (χ3v) is 3.42. The molecule has 20 heavy (non-hydrogen) atoms. The van der Waals surface area contributed by atoms with Gasteiger partial charge in [-0.25, -0.2) is 0 Å². The highest BCUT2D eigenvalue weighted by molar-refractivity contribution is 5.85. The first-order chi connectivity index (χ1) is 9.25. The van der Waals surface area contributed by atoms with E-state index in [4.69, 9.17) is 4.74 Å². The molecule has 1 saturated heterocycles. The minimum atomic E-state index is -0.00990. The van der Waals surface area contributed by atoms with Crippen LogP contribution < -0.4 is 15.4 Å². The minimum absolute atomic E-state index is 0. The van der Waals surface area contributed by atoms with Gasteiger partial charge in [-0.05, 0) is 31.5 Å². The van der Waals surface area contributed by atoms with Gasteiger partial charge in [0.05, 0.1) is 6.61 Å². The van der Waals surface area contributed by atoms with E-state index < -0.39 is 0 Å². The highest BCUT2D eigenvalue weighted by atomic mass is 35.5. The first kappa shape index (κ1) is 16.8. The van der Waals surface area contributed by atoms with Crippen molar-refractivity contribution in [1.82, 2.24) is 10.6 Å². The maximum atomic E-state index is 11.9. The van der Waals surface area contributed by atoms with Crippen LogP contribution in [0, 0.1) is 5.92 Å². The van der Waals surface area contributed by atoms with Crippen LogP contribution in [-0.2, 0) is 4.79 Å². The van der Waals surface area contributed by atoms with Crippen molar-refractivity contribution < 1.29 is 9.53 Å². The summed E-state index contributed by atoms with van der Waals surface area (Å²) in [5, 5.41) is 6.31. The average molecular weight is 299 g/mol. The van der Waals surface area contributed by atoms with Crippen molar-refractivity contribution in [3.8, 4) is 5.75 Å². The number of amides is 1. The summed E-state index contributed by atoms with van der Waals surface area (Å²) in [5.74, 6) is 0.977. The molecule has 0 radical (unpaired) electrons. The molecule has 0 saturated carbocycles. The Morgan fingerprint density at radius 2 is 2.20 bits per heavy atom. The molecular formula is C15H23ClN2O2. The lowest BCUT2D eigenvalue weighted by Gasteiger charge is -2.16. The van der Waals surface area contributed by atoms with Gasteiger partial charge in [0, 0.05) is 18.5 Å². The van der Waals surface area contributed by atoms with Crippen molar-refractivity contribution in [2.75, 3.05) is 19.7 Å². The minimum Gasteiger partial charge on any atom is -0.494 e. The second-order valence-electron chi connectivity index (χ2n) is 5.05. The number of hydrogen-bond donors (Lipinski definition) is 2. The van der Waals surface area contributed by atoms with E-state index in [9.17, 15) is 4.79 Å². The topological polar surface area (TPSA) is 50.4 Å². The van der Waals surface area contributed by atoms with Gasteiger partial charge in [0.25, 0.3) is 0 Å². The van der Waals surface area contributed by atoms with E-state index in [2.05, 4.69) is 10.6 Å². The molecule has 1 aromatic rings. The van der Waals surface area contributed by atoms with E-state index in [1.807, 2.05) is 37.3 Å². The van der Waals surface area contributed by atoms with Crippen molar-refractivity contribution in [1.29, 1.82) is 0 Å². The van der Waals surface area contributed by atoms with Crippen molar-refractivity contribution in [3.05, 3.63) is 30.3 Å². The average Bonchev–Trinajstić information content (AvgIpc) is 2.92. The molecule has 2 N–H and O–H groups in total. The van der Waals surface area contributed by atoms with E-state index in [-0.39, 0.29) is 24.2 Å².